The van der Waals surface area contributed by atoms with Crippen LogP contribution in [0.3, 0.4) is 0 Å². The second kappa shape index (κ2) is 11.4. The van der Waals surface area contributed by atoms with Gasteiger partial charge in [0, 0.05) is 12.1 Å². The topological polar surface area (TPSA) is 89.4 Å². The molecule has 0 unspecified atom stereocenters. The van der Waals surface area contributed by atoms with Crippen LogP contribution >= 0.6 is 0 Å². The molecular formula is C29H32FN5O3. The molecule has 1 atom stereocenters. The second-order valence-corrected chi connectivity index (χ2v) is 10.0. The van der Waals surface area contributed by atoms with Gasteiger partial charge < -0.3 is 15.0 Å². The number of ether oxygens (including phenoxy) is 1. The van der Waals surface area contributed by atoms with Crippen molar-refractivity contribution in [2.75, 3.05) is 6.61 Å². The third-order valence-corrected chi connectivity index (χ3v) is 5.86. The molecule has 0 bridgehead atoms. The minimum Gasteiger partial charge on any atom is -0.494 e. The Kier molecular flexibility index (Phi) is 8.05. The SMILES string of the molecule is CCOc1ccc([C@@H](C(=O)NC(C)(C)C)N(Cc2ccc(F)cc2)C(=O)Cn2nnc3ccccc32)cc1. The number of benzene rings is 3. The molecule has 0 aliphatic heterocycles. The Labute approximate surface area is 221 Å². The van der Waals surface area contributed by atoms with Gasteiger partial charge >= 0.3 is 0 Å². The van der Waals surface area contributed by atoms with Crippen LogP contribution in [0.2, 0.25) is 0 Å². The first-order valence-corrected chi connectivity index (χ1v) is 12.5. The molecule has 0 fully saturated rings. The Bertz CT molecular complexity index is 1390. The maximum absolute atomic E-state index is 13.9. The van der Waals surface area contributed by atoms with E-state index in [-0.39, 0.29) is 30.7 Å². The van der Waals surface area contributed by atoms with Crippen molar-refractivity contribution in [2.45, 2.75) is 52.4 Å². The fraction of sp³-hybridized carbons (Fsp3) is 0.310. The Morgan fingerprint density at radius 3 is 2.37 bits per heavy atom. The molecule has 9 heteroatoms. The number of halogens is 1. The number of hydrogen-bond acceptors (Lipinski definition) is 5. The van der Waals surface area contributed by atoms with Gasteiger partial charge in [0.15, 0.2) is 0 Å². The van der Waals surface area contributed by atoms with Crippen LogP contribution in [0.15, 0.2) is 72.8 Å². The molecule has 0 aliphatic rings. The molecule has 0 spiro atoms. The van der Waals surface area contributed by atoms with Gasteiger partial charge in [0.1, 0.15) is 29.7 Å². The maximum atomic E-state index is 13.9. The van der Waals surface area contributed by atoms with Crippen molar-refractivity contribution in [3.63, 3.8) is 0 Å². The van der Waals surface area contributed by atoms with Gasteiger partial charge in [0.25, 0.3) is 0 Å². The molecule has 1 N–H and O–H groups in total. The lowest BCUT2D eigenvalue weighted by molar-refractivity contribution is -0.142. The average molecular weight is 518 g/mol. The summed E-state index contributed by atoms with van der Waals surface area (Å²) >= 11 is 0. The van der Waals surface area contributed by atoms with E-state index in [2.05, 4.69) is 15.6 Å². The molecule has 0 saturated carbocycles. The van der Waals surface area contributed by atoms with E-state index in [1.807, 2.05) is 52.0 Å². The molecule has 0 radical (unpaired) electrons. The smallest absolute Gasteiger partial charge is 0.247 e. The van der Waals surface area contributed by atoms with E-state index in [0.717, 1.165) is 0 Å². The lowest BCUT2D eigenvalue weighted by atomic mass is 10.0. The minimum absolute atomic E-state index is 0.0845. The Morgan fingerprint density at radius 2 is 1.71 bits per heavy atom. The van der Waals surface area contributed by atoms with E-state index in [1.165, 1.54) is 21.7 Å². The van der Waals surface area contributed by atoms with E-state index < -0.39 is 11.6 Å². The lowest BCUT2D eigenvalue weighted by Crippen LogP contribution is -2.49. The van der Waals surface area contributed by atoms with Crippen LogP contribution in [0.4, 0.5) is 4.39 Å². The summed E-state index contributed by atoms with van der Waals surface area (Å²) in [7, 11) is 0. The van der Waals surface area contributed by atoms with Gasteiger partial charge in [-0.1, -0.05) is 41.6 Å². The minimum atomic E-state index is -0.961. The van der Waals surface area contributed by atoms with Crippen molar-refractivity contribution < 1.29 is 18.7 Å². The van der Waals surface area contributed by atoms with Gasteiger partial charge in [-0.15, -0.1) is 5.10 Å². The first-order chi connectivity index (χ1) is 18.1. The number of rotatable bonds is 9. The molecule has 198 valence electrons. The Balaban J connectivity index is 1.76. The highest BCUT2D eigenvalue weighted by Crippen LogP contribution is 2.27. The molecule has 8 nitrogen and oxygen atoms in total. The van der Waals surface area contributed by atoms with Crippen LogP contribution in [-0.4, -0.2) is 43.9 Å². The highest BCUT2D eigenvalue weighted by molar-refractivity contribution is 5.89. The van der Waals surface area contributed by atoms with Gasteiger partial charge in [-0.25, -0.2) is 9.07 Å². The summed E-state index contributed by atoms with van der Waals surface area (Å²) in [6.07, 6.45) is 0. The number of carbonyl (C=O) groups excluding carboxylic acids is 2. The van der Waals surface area contributed by atoms with Crippen LogP contribution in [-0.2, 0) is 22.7 Å². The largest absolute Gasteiger partial charge is 0.494 e. The summed E-state index contributed by atoms with van der Waals surface area (Å²) in [5.74, 6) is -0.389. The van der Waals surface area contributed by atoms with E-state index in [9.17, 15) is 14.0 Å². The number of aromatic nitrogens is 3. The number of nitrogens with zero attached hydrogens (tertiary/aromatic N) is 4. The van der Waals surface area contributed by atoms with E-state index in [4.69, 9.17) is 4.74 Å². The number of hydrogen-bond donors (Lipinski definition) is 1. The van der Waals surface area contributed by atoms with E-state index in [1.54, 1.807) is 36.4 Å². The summed E-state index contributed by atoms with van der Waals surface area (Å²) < 4.78 is 20.7. The van der Waals surface area contributed by atoms with Crippen LogP contribution in [0.5, 0.6) is 5.75 Å². The summed E-state index contributed by atoms with van der Waals surface area (Å²) in [6.45, 7) is 8.01. The zero-order valence-electron chi connectivity index (χ0n) is 22.0. The van der Waals surface area contributed by atoms with Crippen molar-refractivity contribution >= 4 is 22.8 Å². The highest BCUT2D eigenvalue weighted by atomic mass is 19.1. The summed E-state index contributed by atoms with van der Waals surface area (Å²) in [5, 5.41) is 11.3. The molecule has 1 aromatic heterocycles. The zero-order valence-corrected chi connectivity index (χ0v) is 22.0. The van der Waals surface area contributed by atoms with Crippen molar-refractivity contribution in [1.29, 1.82) is 0 Å². The first kappa shape index (κ1) is 26.8. The average Bonchev–Trinajstić information content (AvgIpc) is 3.27. The predicted octanol–water partition coefficient (Wildman–Crippen LogP) is 4.65. The highest BCUT2D eigenvalue weighted by Gasteiger charge is 2.34. The normalized spacial score (nSPS) is 12.2. The van der Waals surface area contributed by atoms with Crippen molar-refractivity contribution in [2.24, 2.45) is 0 Å². The standard InChI is InChI=1S/C29H32FN5O3/c1-5-38-23-16-12-21(13-17-23)27(28(37)31-29(2,3)4)34(18-20-10-14-22(30)15-11-20)26(36)19-35-25-9-7-6-8-24(25)32-33-35/h6-17,27H,5,18-19H2,1-4H3,(H,31,37)/t27-/m0/s1. The van der Waals surface area contributed by atoms with Crippen molar-refractivity contribution in [1.82, 2.24) is 25.2 Å². The molecule has 0 aliphatic carbocycles. The summed E-state index contributed by atoms with van der Waals surface area (Å²) in [6, 6.07) is 19.4. The lowest BCUT2D eigenvalue weighted by Gasteiger charge is -2.34. The van der Waals surface area contributed by atoms with Gasteiger partial charge in [0.05, 0.1) is 12.1 Å². The van der Waals surface area contributed by atoms with Gasteiger partial charge in [-0.2, -0.15) is 0 Å². The predicted molar refractivity (Wildman–Crippen MR) is 143 cm³/mol. The van der Waals surface area contributed by atoms with Gasteiger partial charge in [-0.05, 0) is 75.2 Å². The number of amides is 2. The third-order valence-electron chi connectivity index (χ3n) is 5.86. The maximum Gasteiger partial charge on any atom is 0.247 e. The van der Waals surface area contributed by atoms with Crippen LogP contribution < -0.4 is 10.1 Å². The van der Waals surface area contributed by atoms with Crippen molar-refractivity contribution in [3.05, 3.63) is 89.7 Å². The number of nitrogens with one attached hydrogen (secondary N) is 1. The molecule has 38 heavy (non-hydrogen) atoms. The third kappa shape index (κ3) is 6.53. The first-order valence-electron chi connectivity index (χ1n) is 12.5. The number of para-hydroxylation sites is 1. The Hall–Kier alpha value is -4.27. The summed E-state index contributed by atoms with van der Waals surface area (Å²) in [4.78, 5) is 29.2. The zero-order chi connectivity index (χ0) is 27.3. The molecule has 4 rings (SSSR count). The molecule has 4 aromatic rings. The number of carbonyl (C=O) groups is 2. The fourth-order valence-electron chi connectivity index (χ4n) is 4.19. The van der Waals surface area contributed by atoms with E-state index in [0.29, 0.717) is 34.5 Å². The molecule has 3 aromatic carbocycles. The quantitative estimate of drug-likeness (QED) is 0.349. The molecule has 2 amide bonds. The van der Waals surface area contributed by atoms with Crippen LogP contribution in [0.1, 0.15) is 44.9 Å². The van der Waals surface area contributed by atoms with Gasteiger partial charge in [-0.3, -0.25) is 9.59 Å². The summed E-state index contributed by atoms with van der Waals surface area (Å²) in [5.41, 5.74) is 2.14. The fourth-order valence-corrected chi connectivity index (χ4v) is 4.19. The molecule has 0 saturated heterocycles. The second-order valence-electron chi connectivity index (χ2n) is 10.0. The van der Waals surface area contributed by atoms with E-state index >= 15 is 0 Å². The van der Waals surface area contributed by atoms with Crippen LogP contribution in [0, 0.1) is 5.82 Å². The molecular weight excluding hydrogens is 485 g/mol. The molecule has 1 heterocycles. The Morgan fingerprint density at radius 1 is 1.03 bits per heavy atom. The number of fused-ring (bicyclic) bond motifs is 1. The van der Waals surface area contributed by atoms with Crippen molar-refractivity contribution in [3.8, 4) is 5.75 Å². The van der Waals surface area contributed by atoms with Gasteiger partial charge in [0.2, 0.25) is 11.8 Å². The van der Waals surface area contributed by atoms with Crippen LogP contribution in [0.25, 0.3) is 11.0 Å². The monoisotopic (exact) mass is 517 g/mol.